The van der Waals surface area contributed by atoms with Gasteiger partial charge in [-0.2, -0.15) is 0 Å². The van der Waals surface area contributed by atoms with Crippen molar-refractivity contribution in [1.29, 1.82) is 0 Å². The average molecular weight is 345 g/mol. The minimum Gasteiger partial charge on any atom is -0.328 e. The van der Waals surface area contributed by atoms with Gasteiger partial charge < -0.3 is 4.57 Å². The second-order valence-electron chi connectivity index (χ2n) is 9.63. The number of imidazole rings is 1. The van der Waals surface area contributed by atoms with E-state index in [1.165, 1.54) is 72.6 Å². The molecule has 2 heteroatoms. The molecule has 2 aromatic carbocycles. The smallest absolute Gasteiger partial charge is 0.106 e. The number of rotatable bonds is 3. The maximum atomic E-state index is 4.97. The molecular formula is C24H28N2. The predicted molar refractivity (Wildman–Crippen MR) is 107 cm³/mol. The number of benzene rings is 2. The van der Waals surface area contributed by atoms with Crippen molar-refractivity contribution < 1.29 is 0 Å². The lowest BCUT2D eigenvalue weighted by Gasteiger charge is -2.57. The van der Waals surface area contributed by atoms with E-state index in [-0.39, 0.29) is 0 Å². The lowest BCUT2D eigenvalue weighted by atomic mass is 9.49. The molecule has 4 fully saturated rings. The number of fused-ring (bicyclic) bond motifs is 3. The summed E-state index contributed by atoms with van der Waals surface area (Å²) >= 11 is 0. The number of aryl methyl sites for hydroxylation is 2. The van der Waals surface area contributed by atoms with E-state index < -0.39 is 0 Å². The molecule has 4 bridgehead atoms. The highest BCUT2D eigenvalue weighted by Gasteiger charge is 2.50. The van der Waals surface area contributed by atoms with Crippen molar-refractivity contribution >= 4 is 21.8 Å². The van der Waals surface area contributed by atoms with E-state index in [0.29, 0.717) is 5.41 Å². The molecule has 0 atom stereocenters. The Hall–Kier alpha value is -1.83. The Morgan fingerprint density at radius 1 is 0.962 bits per heavy atom. The first-order valence-electron chi connectivity index (χ1n) is 10.5. The van der Waals surface area contributed by atoms with Crippen LogP contribution in [0.2, 0.25) is 0 Å². The van der Waals surface area contributed by atoms with Gasteiger partial charge in [0.2, 0.25) is 0 Å². The molecule has 0 N–H and O–H groups in total. The zero-order valence-electron chi connectivity index (χ0n) is 15.7. The van der Waals surface area contributed by atoms with E-state index in [1.54, 1.807) is 0 Å². The van der Waals surface area contributed by atoms with E-state index >= 15 is 0 Å². The first-order valence-corrected chi connectivity index (χ1v) is 10.5. The Kier molecular flexibility index (Phi) is 3.13. The van der Waals surface area contributed by atoms with Crippen molar-refractivity contribution in [2.24, 2.45) is 23.2 Å². The SMILES string of the molecule is Cc1nc2c3ccccc3ccc2n1CCC12CC3CC(CC(C3)C1)C2. The second kappa shape index (κ2) is 5.34. The molecule has 0 saturated heterocycles. The standard InChI is InChI=1S/C24H28N2/c1-16-25-23-21-5-3-2-4-20(21)6-7-22(23)26(16)9-8-24-13-17-10-18(14-24)12-19(11-17)15-24/h2-7,17-19H,8-15H2,1H3. The number of aromatic nitrogens is 2. The number of hydrogen-bond donors (Lipinski definition) is 0. The molecule has 2 nitrogen and oxygen atoms in total. The molecule has 4 saturated carbocycles. The lowest BCUT2D eigenvalue weighted by Crippen LogP contribution is -2.46. The van der Waals surface area contributed by atoms with E-state index in [2.05, 4.69) is 47.9 Å². The van der Waals surface area contributed by atoms with Crippen LogP contribution < -0.4 is 0 Å². The highest BCUT2D eigenvalue weighted by molar-refractivity contribution is 6.04. The van der Waals surface area contributed by atoms with Crippen LogP contribution in [0.25, 0.3) is 21.8 Å². The Morgan fingerprint density at radius 3 is 2.38 bits per heavy atom. The van der Waals surface area contributed by atoms with Crippen molar-refractivity contribution in [1.82, 2.24) is 9.55 Å². The molecule has 7 rings (SSSR count). The largest absolute Gasteiger partial charge is 0.328 e. The van der Waals surface area contributed by atoms with Crippen LogP contribution in [-0.2, 0) is 6.54 Å². The van der Waals surface area contributed by atoms with Crippen molar-refractivity contribution in [3.05, 3.63) is 42.2 Å². The van der Waals surface area contributed by atoms with Crippen molar-refractivity contribution in [3.8, 4) is 0 Å². The molecule has 1 aromatic heterocycles. The van der Waals surface area contributed by atoms with Gasteiger partial charge in [0.1, 0.15) is 5.82 Å². The highest BCUT2D eigenvalue weighted by Crippen LogP contribution is 2.61. The van der Waals surface area contributed by atoms with Gasteiger partial charge in [-0.1, -0.05) is 30.3 Å². The van der Waals surface area contributed by atoms with Crippen LogP contribution in [0.1, 0.15) is 50.8 Å². The predicted octanol–water partition coefficient (Wildman–Crippen LogP) is 6.10. The Morgan fingerprint density at radius 2 is 1.65 bits per heavy atom. The van der Waals surface area contributed by atoms with Crippen molar-refractivity contribution in [2.75, 3.05) is 0 Å². The molecule has 0 amide bonds. The first-order chi connectivity index (χ1) is 12.7. The molecule has 3 aromatic rings. The summed E-state index contributed by atoms with van der Waals surface area (Å²) in [5.41, 5.74) is 3.16. The maximum absolute atomic E-state index is 4.97. The van der Waals surface area contributed by atoms with Crippen molar-refractivity contribution in [2.45, 2.75) is 58.4 Å². The van der Waals surface area contributed by atoms with Crippen LogP contribution in [0, 0.1) is 30.1 Å². The summed E-state index contributed by atoms with van der Waals surface area (Å²) in [5.74, 6) is 4.32. The molecule has 0 unspecified atom stereocenters. The monoisotopic (exact) mass is 344 g/mol. The van der Waals surface area contributed by atoms with Gasteiger partial charge in [-0.05, 0) is 86.5 Å². The minimum absolute atomic E-state index is 0.647. The van der Waals surface area contributed by atoms with Gasteiger partial charge in [-0.3, -0.25) is 0 Å². The normalized spacial score (nSPS) is 32.7. The third-order valence-corrected chi connectivity index (χ3v) is 7.87. The van der Waals surface area contributed by atoms with E-state index in [4.69, 9.17) is 4.98 Å². The average Bonchev–Trinajstić information content (AvgIpc) is 2.95. The zero-order chi connectivity index (χ0) is 17.3. The number of hydrogen-bond acceptors (Lipinski definition) is 1. The Bertz CT molecular complexity index is 961. The third-order valence-electron chi connectivity index (χ3n) is 7.87. The number of nitrogens with zero attached hydrogens (tertiary/aromatic N) is 2. The van der Waals surface area contributed by atoms with Gasteiger partial charge in [-0.15, -0.1) is 0 Å². The van der Waals surface area contributed by atoms with Crippen LogP contribution in [-0.4, -0.2) is 9.55 Å². The molecule has 4 aliphatic carbocycles. The van der Waals surface area contributed by atoms with Gasteiger partial charge in [0.25, 0.3) is 0 Å². The fraction of sp³-hybridized carbons (Fsp3) is 0.542. The summed E-state index contributed by atoms with van der Waals surface area (Å²) in [4.78, 5) is 4.97. The van der Waals surface area contributed by atoms with E-state index in [9.17, 15) is 0 Å². The van der Waals surface area contributed by atoms with Crippen molar-refractivity contribution in [3.63, 3.8) is 0 Å². The first kappa shape index (κ1) is 15.2. The molecule has 134 valence electrons. The summed E-state index contributed by atoms with van der Waals surface area (Å²) in [5, 5.41) is 2.59. The Labute approximate surface area is 155 Å². The van der Waals surface area contributed by atoms with Gasteiger partial charge in [0, 0.05) is 11.9 Å². The topological polar surface area (TPSA) is 17.8 Å². The molecule has 26 heavy (non-hydrogen) atoms. The molecule has 0 spiro atoms. The van der Waals surface area contributed by atoms with Crippen LogP contribution in [0.4, 0.5) is 0 Å². The zero-order valence-corrected chi connectivity index (χ0v) is 15.7. The summed E-state index contributed by atoms with van der Waals surface area (Å²) < 4.78 is 2.50. The summed E-state index contributed by atoms with van der Waals surface area (Å²) in [6, 6.07) is 13.2. The van der Waals surface area contributed by atoms with E-state index in [0.717, 1.165) is 24.3 Å². The third kappa shape index (κ3) is 2.20. The van der Waals surface area contributed by atoms with Gasteiger partial charge in [-0.25, -0.2) is 4.98 Å². The summed E-state index contributed by atoms with van der Waals surface area (Å²) in [6.45, 7) is 3.33. The second-order valence-corrected chi connectivity index (χ2v) is 9.63. The fourth-order valence-electron chi connectivity index (χ4n) is 7.20. The molecule has 0 radical (unpaired) electrons. The van der Waals surface area contributed by atoms with Gasteiger partial charge in [0.15, 0.2) is 0 Å². The molecule has 0 aliphatic heterocycles. The minimum atomic E-state index is 0.647. The van der Waals surface area contributed by atoms with Crippen LogP contribution in [0.3, 0.4) is 0 Å². The highest BCUT2D eigenvalue weighted by atomic mass is 15.1. The maximum Gasteiger partial charge on any atom is 0.106 e. The molecular weight excluding hydrogens is 316 g/mol. The van der Waals surface area contributed by atoms with Crippen LogP contribution >= 0.6 is 0 Å². The van der Waals surface area contributed by atoms with E-state index in [1.807, 2.05) is 0 Å². The summed E-state index contributed by atoms with van der Waals surface area (Å²) in [7, 11) is 0. The lowest BCUT2D eigenvalue weighted by molar-refractivity contribution is -0.0591. The summed E-state index contributed by atoms with van der Waals surface area (Å²) in [6.07, 6.45) is 10.5. The van der Waals surface area contributed by atoms with Crippen LogP contribution in [0.5, 0.6) is 0 Å². The van der Waals surface area contributed by atoms with Crippen LogP contribution in [0.15, 0.2) is 36.4 Å². The molecule has 1 heterocycles. The quantitative estimate of drug-likeness (QED) is 0.561. The van der Waals surface area contributed by atoms with Gasteiger partial charge in [0.05, 0.1) is 11.0 Å². The van der Waals surface area contributed by atoms with Gasteiger partial charge >= 0.3 is 0 Å². The molecule has 4 aliphatic rings. The fourth-order valence-corrected chi connectivity index (χ4v) is 7.20. The Balaban J connectivity index is 1.35.